The van der Waals surface area contributed by atoms with E-state index in [1.165, 1.54) is 0 Å². The highest BCUT2D eigenvalue weighted by Crippen LogP contribution is 2.18. The summed E-state index contributed by atoms with van der Waals surface area (Å²) in [5, 5.41) is 0. The maximum Gasteiger partial charge on any atom is 0.323 e. The van der Waals surface area contributed by atoms with Gasteiger partial charge in [-0.1, -0.05) is 13.3 Å². The van der Waals surface area contributed by atoms with E-state index in [0.717, 1.165) is 38.9 Å². The molecule has 1 aliphatic rings. The third-order valence-corrected chi connectivity index (χ3v) is 3.38. The van der Waals surface area contributed by atoms with Gasteiger partial charge in [0.25, 0.3) is 0 Å². The minimum atomic E-state index is -0.0944. The maximum atomic E-state index is 11.9. The molecule has 0 aromatic rings. The lowest BCUT2D eigenvalue weighted by molar-refractivity contribution is -0.151. The molecule has 0 aromatic heterocycles. The predicted molar refractivity (Wildman–Crippen MR) is 66.9 cm³/mol. The van der Waals surface area contributed by atoms with Crippen LogP contribution in [0.25, 0.3) is 0 Å². The van der Waals surface area contributed by atoms with Crippen molar-refractivity contribution in [1.29, 1.82) is 0 Å². The Balaban J connectivity index is 2.57. The summed E-state index contributed by atoms with van der Waals surface area (Å²) in [5.74, 6) is -0.0802. The molecule has 1 atom stereocenters. The van der Waals surface area contributed by atoms with Crippen LogP contribution < -0.4 is 0 Å². The summed E-state index contributed by atoms with van der Waals surface area (Å²) in [6.45, 7) is 6.02. The van der Waals surface area contributed by atoms with Gasteiger partial charge in [-0.3, -0.25) is 9.69 Å². The largest absolute Gasteiger partial charge is 0.465 e. The molecular weight excluding hydrogens is 218 g/mol. The Kier molecular flexibility index (Phi) is 6.52. The van der Waals surface area contributed by atoms with Crippen LogP contribution in [0.5, 0.6) is 0 Å². The highest BCUT2D eigenvalue weighted by atomic mass is 16.5. The summed E-state index contributed by atoms with van der Waals surface area (Å²) in [7, 11) is 2.03. The molecule has 100 valence electrons. The van der Waals surface area contributed by atoms with Crippen LogP contribution in [0.4, 0.5) is 0 Å². The number of likely N-dealkylation sites (N-methyl/N-ethyl adjacent to an activating group) is 1. The molecule has 1 rings (SSSR count). The van der Waals surface area contributed by atoms with Crippen LogP contribution in [0.1, 0.15) is 39.5 Å². The van der Waals surface area contributed by atoms with Gasteiger partial charge < -0.3 is 9.47 Å². The van der Waals surface area contributed by atoms with Crippen molar-refractivity contribution in [2.45, 2.75) is 51.6 Å². The number of rotatable bonds is 6. The summed E-state index contributed by atoms with van der Waals surface area (Å²) in [4.78, 5) is 14.1. The van der Waals surface area contributed by atoms with Gasteiger partial charge in [0.05, 0.1) is 6.61 Å². The molecule has 0 radical (unpaired) electrons. The Hall–Kier alpha value is -0.610. The van der Waals surface area contributed by atoms with E-state index in [9.17, 15) is 4.79 Å². The van der Waals surface area contributed by atoms with Gasteiger partial charge in [-0.25, -0.2) is 0 Å². The molecule has 0 spiro atoms. The van der Waals surface area contributed by atoms with Crippen LogP contribution in [0.2, 0.25) is 0 Å². The van der Waals surface area contributed by atoms with Gasteiger partial charge in [0.1, 0.15) is 6.04 Å². The Morgan fingerprint density at radius 3 is 2.59 bits per heavy atom. The maximum absolute atomic E-state index is 11.9. The Morgan fingerprint density at radius 2 is 2.06 bits per heavy atom. The van der Waals surface area contributed by atoms with Crippen molar-refractivity contribution in [2.75, 3.05) is 26.9 Å². The fourth-order valence-electron chi connectivity index (χ4n) is 2.35. The van der Waals surface area contributed by atoms with Crippen LogP contribution in [0.3, 0.4) is 0 Å². The molecule has 1 fully saturated rings. The first-order chi connectivity index (χ1) is 8.20. The second kappa shape index (κ2) is 7.67. The molecule has 1 heterocycles. The van der Waals surface area contributed by atoms with Gasteiger partial charge >= 0.3 is 5.97 Å². The number of nitrogens with zero attached hydrogens (tertiary/aromatic N) is 1. The Morgan fingerprint density at radius 1 is 1.41 bits per heavy atom. The molecule has 0 N–H and O–H groups in total. The molecule has 0 bridgehead atoms. The number of ether oxygens (including phenoxy) is 2. The normalized spacial score (nSPS) is 19.3. The van der Waals surface area contributed by atoms with Crippen molar-refractivity contribution >= 4 is 5.97 Å². The molecule has 0 saturated carbocycles. The van der Waals surface area contributed by atoms with E-state index in [1.807, 2.05) is 14.0 Å². The zero-order valence-corrected chi connectivity index (χ0v) is 11.3. The second-order valence-electron chi connectivity index (χ2n) is 4.57. The number of carbonyl (C=O) groups excluding carboxylic acids is 1. The van der Waals surface area contributed by atoms with Crippen LogP contribution in [0, 0.1) is 0 Å². The highest BCUT2D eigenvalue weighted by molar-refractivity contribution is 5.75. The molecule has 4 nitrogen and oxygen atoms in total. The van der Waals surface area contributed by atoms with Crippen LogP contribution in [0.15, 0.2) is 0 Å². The van der Waals surface area contributed by atoms with E-state index in [1.54, 1.807) is 0 Å². The summed E-state index contributed by atoms with van der Waals surface area (Å²) >= 11 is 0. The molecule has 1 saturated heterocycles. The topological polar surface area (TPSA) is 38.8 Å². The molecule has 0 aromatic carbocycles. The summed E-state index contributed by atoms with van der Waals surface area (Å²) < 4.78 is 10.5. The quantitative estimate of drug-likeness (QED) is 0.667. The number of carbonyl (C=O) groups is 1. The SMILES string of the molecule is CCCC(C(=O)OCC)N(C)C1CCOCC1. The molecular formula is C13H25NO3. The van der Waals surface area contributed by atoms with E-state index < -0.39 is 0 Å². The fraction of sp³-hybridized carbons (Fsp3) is 0.923. The van der Waals surface area contributed by atoms with Crippen molar-refractivity contribution in [3.63, 3.8) is 0 Å². The summed E-state index contributed by atoms with van der Waals surface area (Å²) in [5.41, 5.74) is 0. The van der Waals surface area contributed by atoms with E-state index >= 15 is 0 Å². The predicted octanol–water partition coefficient (Wildman–Crippen LogP) is 1.83. The van der Waals surface area contributed by atoms with Gasteiger partial charge in [0, 0.05) is 19.3 Å². The van der Waals surface area contributed by atoms with Gasteiger partial charge in [0.15, 0.2) is 0 Å². The van der Waals surface area contributed by atoms with Crippen molar-refractivity contribution in [2.24, 2.45) is 0 Å². The number of hydrogen-bond donors (Lipinski definition) is 0. The molecule has 1 aliphatic heterocycles. The second-order valence-corrected chi connectivity index (χ2v) is 4.57. The molecule has 4 heteroatoms. The van der Waals surface area contributed by atoms with Crippen LogP contribution >= 0.6 is 0 Å². The fourth-order valence-corrected chi connectivity index (χ4v) is 2.35. The lowest BCUT2D eigenvalue weighted by Gasteiger charge is -2.35. The van der Waals surface area contributed by atoms with Crippen LogP contribution in [-0.4, -0.2) is 49.8 Å². The smallest absolute Gasteiger partial charge is 0.323 e. The van der Waals surface area contributed by atoms with Crippen molar-refractivity contribution in [3.8, 4) is 0 Å². The zero-order chi connectivity index (χ0) is 12.7. The van der Waals surface area contributed by atoms with Crippen LogP contribution in [-0.2, 0) is 14.3 Å². The first kappa shape index (κ1) is 14.5. The van der Waals surface area contributed by atoms with E-state index in [2.05, 4.69) is 11.8 Å². The lowest BCUT2D eigenvalue weighted by atomic mass is 10.0. The van der Waals surface area contributed by atoms with Gasteiger partial charge in [-0.2, -0.15) is 0 Å². The van der Waals surface area contributed by atoms with E-state index in [-0.39, 0.29) is 12.0 Å². The Bertz CT molecular complexity index is 227. The first-order valence-corrected chi connectivity index (χ1v) is 6.67. The Labute approximate surface area is 104 Å². The molecule has 0 aliphatic carbocycles. The van der Waals surface area contributed by atoms with Crippen molar-refractivity contribution in [3.05, 3.63) is 0 Å². The average molecular weight is 243 g/mol. The van der Waals surface area contributed by atoms with Crippen molar-refractivity contribution in [1.82, 2.24) is 4.90 Å². The van der Waals surface area contributed by atoms with E-state index in [0.29, 0.717) is 12.6 Å². The summed E-state index contributed by atoms with van der Waals surface area (Å²) in [6, 6.07) is 0.354. The number of esters is 1. The third-order valence-electron chi connectivity index (χ3n) is 3.38. The zero-order valence-electron chi connectivity index (χ0n) is 11.3. The van der Waals surface area contributed by atoms with E-state index in [4.69, 9.17) is 9.47 Å². The average Bonchev–Trinajstić information content (AvgIpc) is 2.36. The minimum Gasteiger partial charge on any atom is -0.465 e. The van der Waals surface area contributed by atoms with Gasteiger partial charge in [-0.15, -0.1) is 0 Å². The molecule has 1 unspecified atom stereocenters. The number of hydrogen-bond acceptors (Lipinski definition) is 4. The first-order valence-electron chi connectivity index (χ1n) is 6.67. The highest BCUT2D eigenvalue weighted by Gasteiger charge is 2.29. The van der Waals surface area contributed by atoms with Crippen molar-refractivity contribution < 1.29 is 14.3 Å². The minimum absolute atomic E-state index is 0.0802. The lowest BCUT2D eigenvalue weighted by Crippen LogP contribution is -2.47. The molecule has 17 heavy (non-hydrogen) atoms. The summed E-state index contributed by atoms with van der Waals surface area (Å²) in [6.07, 6.45) is 3.88. The van der Waals surface area contributed by atoms with Gasteiger partial charge in [-0.05, 0) is 33.2 Å². The van der Waals surface area contributed by atoms with Gasteiger partial charge in [0.2, 0.25) is 0 Å². The monoisotopic (exact) mass is 243 g/mol. The standard InChI is InChI=1S/C13H25NO3/c1-4-6-12(13(15)17-5-2)14(3)11-7-9-16-10-8-11/h11-12H,4-10H2,1-3H3. The third kappa shape index (κ3) is 4.28. The molecule has 0 amide bonds.